The summed E-state index contributed by atoms with van der Waals surface area (Å²) in [5.74, 6) is 1.08. The number of benzene rings is 1. The molecule has 0 amide bonds. The average Bonchev–Trinajstić information content (AvgIpc) is 2.20. The molecule has 0 saturated heterocycles. The summed E-state index contributed by atoms with van der Waals surface area (Å²) in [5, 5.41) is 3.92. The Morgan fingerprint density at radius 3 is 2.57 bits per heavy atom. The van der Waals surface area contributed by atoms with E-state index < -0.39 is 0 Å². The molecule has 14 heavy (non-hydrogen) atoms. The van der Waals surface area contributed by atoms with Crippen molar-refractivity contribution in [3.05, 3.63) is 22.2 Å². The van der Waals surface area contributed by atoms with E-state index in [0.29, 0.717) is 28.2 Å². The van der Waals surface area contributed by atoms with Gasteiger partial charge in [-0.15, -0.1) is 11.6 Å². The first-order valence-corrected chi connectivity index (χ1v) is 5.31. The molecule has 0 radical (unpaired) electrons. The smallest absolute Gasteiger partial charge is 0.139 e. The van der Waals surface area contributed by atoms with E-state index in [1.807, 2.05) is 0 Å². The minimum atomic E-state index is 0.411. The van der Waals surface area contributed by atoms with Gasteiger partial charge in [-0.1, -0.05) is 23.2 Å². The molecule has 2 nitrogen and oxygen atoms in total. The van der Waals surface area contributed by atoms with Crippen LogP contribution in [0.4, 0.5) is 5.69 Å². The maximum absolute atomic E-state index is 6.00. The van der Waals surface area contributed by atoms with E-state index >= 15 is 0 Å². The number of halogens is 3. The molecule has 0 spiro atoms. The van der Waals surface area contributed by atoms with Crippen LogP contribution in [0.2, 0.25) is 10.0 Å². The molecule has 0 fully saturated rings. The van der Waals surface area contributed by atoms with E-state index in [4.69, 9.17) is 39.5 Å². The van der Waals surface area contributed by atoms with Crippen molar-refractivity contribution in [2.45, 2.75) is 0 Å². The molecule has 78 valence electrons. The average molecular weight is 255 g/mol. The van der Waals surface area contributed by atoms with Crippen LogP contribution in [0, 0.1) is 0 Å². The van der Waals surface area contributed by atoms with Gasteiger partial charge in [-0.05, 0) is 12.1 Å². The highest BCUT2D eigenvalue weighted by Gasteiger charge is 2.09. The maximum Gasteiger partial charge on any atom is 0.139 e. The first-order valence-electron chi connectivity index (χ1n) is 4.02. The van der Waals surface area contributed by atoms with Gasteiger partial charge in [0.1, 0.15) is 10.8 Å². The Kier molecular flexibility index (Phi) is 4.66. The highest BCUT2D eigenvalue weighted by molar-refractivity contribution is 6.44. The fourth-order valence-electron chi connectivity index (χ4n) is 1.01. The van der Waals surface area contributed by atoms with Crippen molar-refractivity contribution in [2.75, 3.05) is 24.9 Å². The normalized spacial score (nSPS) is 10.0. The van der Waals surface area contributed by atoms with Gasteiger partial charge in [0.05, 0.1) is 17.8 Å². The van der Waals surface area contributed by atoms with Gasteiger partial charge in [0.25, 0.3) is 0 Å². The highest BCUT2D eigenvalue weighted by Crippen LogP contribution is 2.37. The summed E-state index contributed by atoms with van der Waals surface area (Å²) >= 11 is 17.5. The number of hydrogen-bond donors (Lipinski definition) is 1. The SMILES string of the molecule is COc1ccc(NCCCl)c(Cl)c1Cl. The number of hydrogen-bond acceptors (Lipinski definition) is 2. The largest absolute Gasteiger partial charge is 0.495 e. The zero-order valence-electron chi connectivity index (χ0n) is 7.61. The monoisotopic (exact) mass is 253 g/mol. The van der Waals surface area contributed by atoms with Gasteiger partial charge < -0.3 is 10.1 Å². The van der Waals surface area contributed by atoms with Crippen LogP contribution in [-0.2, 0) is 0 Å². The minimum Gasteiger partial charge on any atom is -0.495 e. The molecule has 0 heterocycles. The Balaban J connectivity index is 2.92. The van der Waals surface area contributed by atoms with E-state index in [0.717, 1.165) is 5.69 Å². The van der Waals surface area contributed by atoms with Crippen LogP contribution in [0.5, 0.6) is 5.75 Å². The third-order valence-corrected chi connectivity index (χ3v) is 2.73. The maximum atomic E-state index is 6.00. The molecule has 0 aliphatic rings. The van der Waals surface area contributed by atoms with Gasteiger partial charge >= 0.3 is 0 Å². The topological polar surface area (TPSA) is 21.3 Å². The standard InChI is InChI=1S/C9H10Cl3NO/c1-14-7-3-2-6(13-5-4-10)8(11)9(7)12/h2-3,13H,4-5H2,1H3. The van der Waals surface area contributed by atoms with Gasteiger partial charge in [0.15, 0.2) is 0 Å². The molecular weight excluding hydrogens is 244 g/mol. The van der Waals surface area contributed by atoms with Gasteiger partial charge in [-0.3, -0.25) is 0 Å². The number of methoxy groups -OCH3 is 1. The van der Waals surface area contributed by atoms with Crippen molar-refractivity contribution >= 4 is 40.5 Å². The summed E-state index contributed by atoms with van der Waals surface area (Å²) in [7, 11) is 1.55. The van der Waals surface area contributed by atoms with Crippen LogP contribution < -0.4 is 10.1 Å². The first kappa shape index (κ1) is 11.8. The number of rotatable bonds is 4. The lowest BCUT2D eigenvalue weighted by molar-refractivity contribution is 0.415. The second kappa shape index (κ2) is 5.54. The quantitative estimate of drug-likeness (QED) is 0.828. The second-order valence-corrected chi connectivity index (χ2v) is 3.69. The van der Waals surface area contributed by atoms with Crippen LogP contribution >= 0.6 is 34.8 Å². The lowest BCUT2D eigenvalue weighted by Gasteiger charge is -2.10. The Hall–Kier alpha value is -0.310. The number of nitrogens with one attached hydrogen (secondary N) is 1. The van der Waals surface area contributed by atoms with E-state index in [-0.39, 0.29) is 0 Å². The van der Waals surface area contributed by atoms with Crippen LogP contribution in [0.3, 0.4) is 0 Å². The summed E-state index contributed by atoms with van der Waals surface area (Å²) in [6.07, 6.45) is 0. The third kappa shape index (κ3) is 2.59. The highest BCUT2D eigenvalue weighted by atomic mass is 35.5. The molecule has 0 bridgehead atoms. The molecule has 5 heteroatoms. The fraction of sp³-hybridized carbons (Fsp3) is 0.333. The molecular formula is C9H10Cl3NO. The first-order chi connectivity index (χ1) is 6.70. The van der Waals surface area contributed by atoms with Crippen LogP contribution in [0.1, 0.15) is 0 Å². The number of anilines is 1. The summed E-state index contributed by atoms with van der Waals surface area (Å²) in [6, 6.07) is 3.56. The number of alkyl halides is 1. The molecule has 0 aliphatic heterocycles. The third-order valence-electron chi connectivity index (χ3n) is 1.68. The molecule has 0 atom stereocenters. The van der Waals surface area contributed by atoms with Crippen molar-refractivity contribution in [3.8, 4) is 5.75 Å². The number of ether oxygens (including phenoxy) is 1. The summed E-state index contributed by atoms with van der Waals surface area (Å²) in [4.78, 5) is 0. The molecule has 0 aromatic heterocycles. The summed E-state index contributed by atoms with van der Waals surface area (Å²) in [5.41, 5.74) is 0.762. The molecule has 0 aliphatic carbocycles. The lowest BCUT2D eigenvalue weighted by atomic mass is 10.3. The van der Waals surface area contributed by atoms with Crippen molar-refractivity contribution in [1.82, 2.24) is 0 Å². The minimum absolute atomic E-state index is 0.411. The molecule has 1 aromatic carbocycles. The lowest BCUT2D eigenvalue weighted by Crippen LogP contribution is -2.03. The van der Waals surface area contributed by atoms with Crippen molar-refractivity contribution < 1.29 is 4.74 Å². The van der Waals surface area contributed by atoms with Gasteiger partial charge in [0.2, 0.25) is 0 Å². The molecule has 0 saturated carbocycles. The predicted molar refractivity (Wildman–Crippen MR) is 62.2 cm³/mol. The Morgan fingerprint density at radius 2 is 2.00 bits per heavy atom. The van der Waals surface area contributed by atoms with E-state index in [1.165, 1.54) is 0 Å². The molecule has 1 aromatic rings. The fourth-order valence-corrected chi connectivity index (χ4v) is 1.57. The Labute approximate surface area is 98.1 Å². The van der Waals surface area contributed by atoms with E-state index in [2.05, 4.69) is 5.32 Å². The van der Waals surface area contributed by atoms with E-state index in [9.17, 15) is 0 Å². The van der Waals surface area contributed by atoms with Crippen LogP contribution in [0.25, 0.3) is 0 Å². The molecule has 1 N–H and O–H groups in total. The van der Waals surface area contributed by atoms with E-state index in [1.54, 1.807) is 19.2 Å². The summed E-state index contributed by atoms with van der Waals surface area (Å²) in [6.45, 7) is 0.643. The van der Waals surface area contributed by atoms with Crippen molar-refractivity contribution in [1.29, 1.82) is 0 Å². The summed E-state index contributed by atoms with van der Waals surface area (Å²) < 4.78 is 5.02. The second-order valence-electron chi connectivity index (χ2n) is 2.56. The van der Waals surface area contributed by atoms with Crippen LogP contribution in [-0.4, -0.2) is 19.5 Å². The Bertz CT molecular complexity index is 317. The Morgan fingerprint density at radius 1 is 1.29 bits per heavy atom. The zero-order valence-corrected chi connectivity index (χ0v) is 9.88. The van der Waals surface area contributed by atoms with Gasteiger partial charge in [0, 0.05) is 12.4 Å². The molecule has 1 rings (SSSR count). The van der Waals surface area contributed by atoms with Crippen molar-refractivity contribution in [2.24, 2.45) is 0 Å². The van der Waals surface area contributed by atoms with Crippen LogP contribution in [0.15, 0.2) is 12.1 Å². The van der Waals surface area contributed by atoms with Gasteiger partial charge in [-0.2, -0.15) is 0 Å². The van der Waals surface area contributed by atoms with Crippen molar-refractivity contribution in [3.63, 3.8) is 0 Å². The zero-order chi connectivity index (χ0) is 10.6. The predicted octanol–water partition coefficient (Wildman–Crippen LogP) is 3.65. The van der Waals surface area contributed by atoms with Gasteiger partial charge in [-0.25, -0.2) is 0 Å². The molecule has 0 unspecified atom stereocenters.